The van der Waals surface area contributed by atoms with Gasteiger partial charge in [0.15, 0.2) is 0 Å². The molecule has 0 spiro atoms. The van der Waals surface area contributed by atoms with Crippen molar-refractivity contribution in [3.05, 3.63) is 236 Å². The van der Waals surface area contributed by atoms with Crippen molar-refractivity contribution < 1.29 is 46.8 Å². The number of rotatable bonds is 26. The molecule has 10 heterocycles. The molecule has 626 valence electrons. The van der Waals surface area contributed by atoms with E-state index >= 15 is 4.39 Å². The van der Waals surface area contributed by atoms with Gasteiger partial charge < -0.3 is 69.6 Å². The molecule has 28 heteroatoms. The molecule has 3 amide bonds. The number of hydrogen-bond acceptors (Lipinski definition) is 20. The summed E-state index contributed by atoms with van der Waals surface area (Å²) in [5, 5.41) is 2.09. The molecule has 6 N–H and O–H groups in total. The Hall–Kier alpha value is -12.7. The Morgan fingerprint density at radius 2 is 0.851 bits per heavy atom. The molecule has 4 aliphatic heterocycles. The van der Waals surface area contributed by atoms with Crippen LogP contribution in [0.25, 0.3) is 66.5 Å². The summed E-state index contributed by atoms with van der Waals surface area (Å²) in [6.07, 6.45) is 20.9. The number of methoxy groups -OCH3 is 1. The van der Waals surface area contributed by atoms with Crippen molar-refractivity contribution in [2.75, 3.05) is 131 Å². The zero-order valence-electron chi connectivity index (χ0n) is 69.0. The Morgan fingerprint density at radius 3 is 1.27 bits per heavy atom. The Bertz CT molecular complexity index is 5720. The molecule has 6 aromatic heterocycles. The number of para-hydroxylation sites is 2. The number of carbonyl (C=O) groups excluding carboxylic acids is 3. The summed E-state index contributed by atoms with van der Waals surface area (Å²) in [4.78, 5) is 77.4. The second-order valence-electron chi connectivity index (χ2n) is 31.3. The summed E-state index contributed by atoms with van der Waals surface area (Å²) < 4.78 is 64.1. The number of carbonyl (C=O) groups is 3. The second-order valence-corrected chi connectivity index (χ2v) is 31.3. The molecule has 5 fully saturated rings. The molecule has 6 aromatic carbocycles. The maximum Gasteiger partial charge on any atom is 0.246 e. The van der Waals surface area contributed by atoms with E-state index in [2.05, 4.69) is 81.7 Å². The average Bonchev–Trinajstić information content (AvgIpc) is 1.60. The van der Waals surface area contributed by atoms with Crippen molar-refractivity contribution in [2.24, 2.45) is 0 Å². The number of likely N-dealkylation sites (N-methyl/N-ethyl adjacent to an activating group) is 3. The summed E-state index contributed by atoms with van der Waals surface area (Å²) in [6, 6.07) is 49.0. The fourth-order valence-corrected chi connectivity index (χ4v) is 16.6. The van der Waals surface area contributed by atoms with Crippen LogP contribution in [0.4, 0.5) is 26.2 Å². The summed E-state index contributed by atoms with van der Waals surface area (Å²) >= 11 is 0. The van der Waals surface area contributed by atoms with E-state index in [1.54, 1.807) is 71.2 Å². The van der Waals surface area contributed by atoms with Crippen LogP contribution in [0.3, 0.4) is 0 Å². The third kappa shape index (κ3) is 19.3. The Balaban J connectivity index is 0.000000141. The first-order chi connectivity index (χ1) is 58.8. The van der Waals surface area contributed by atoms with Crippen molar-refractivity contribution in [2.45, 2.75) is 82.6 Å². The van der Waals surface area contributed by atoms with Crippen LogP contribution in [0.1, 0.15) is 68.0 Å². The fraction of sp³-hybridized carbons (Fsp3) is 0.323. The van der Waals surface area contributed by atoms with Crippen LogP contribution in [-0.2, 0) is 23.9 Å². The molecule has 4 atom stereocenters. The summed E-state index contributed by atoms with van der Waals surface area (Å²) in [7, 11) is 7.81. The highest BCUT2D eigenvalue weighted by molar-refractivity contribution is 6.04. The van der Waals surface area contributed by atoms with Crippen LogP contribution >= 0.6 is 0 Å². The van der Waals surface area contributed by atoms with Gasteiger partial charge in [0.2, 0.25) is 23.7 Å². The predicted molar refractivity (Wildman–Crippen MR) is 466 cm³/mol. The quantitative estimate of drug-likeness (QED) is 0.0425. The van der Waals surface area contributed by atoms with Crippen LogP contribution in [0.5, 0.6) is 34.5 Å². The maximum atomic E-state index is 16.2. The average molecular weight is 1640 g/mol. The van der Waals surface area contributed by atoms with E-state index in [-0.39, 0.29) is 47.5 Å². The molecule has 0 radical (unpaired) electrons. The molecule has 5 aliphatic rings. The Labute approximate surface area is 702 Å². The first-order valence-electron chi connectivity index (χ1n) is 41.1. The summed E-state index contributed by atoms with van der Waals surface area (Å²) in [5.74, 6) is 4.17. The number of nitrogen functional groups attached to an aromatic ring is 3. The van der Waals surface area contributed by atoms with Crippen molar-refractivity contribution >= 4 is 68.3 Å². The van der Waals surface area contributed by atoms with Crippen molar-refractivity contribution in [3.8, 4) is 67.9 Å². The van der Waals surface area contributed by atoms with Gasteiger partial charge in [0.1, 0.15) is 93.7 Å². The second kappa shape index (κ2) is 38.1. The van der Waals surface area contributed by atoms with Gasteiger partial charge in [-0.15, -0.1) is 0 Å². The minimum Gasteiger partial charge on any atom is -0.457 e. The molecule has 12 aromatic rings. The SMILES string of the molecule is COCCN(C)C/C=C/C(=O)N1CC[C@@H](n2c(F)c(-c3ccc(Oc4ccccc4)cc3)c3c(N)ncnc32)C1.Cc1c(-c2ccc(Oc3cccc(F)c3)cc2)c2c(N)ncnc2n1[C@@H]1CCN(C(=O)/C=C/CN(C)C2CC2)C1.Cc1c(-c2ccc(Oc3ccccc3)cc2)c2c(N)ncnc2n1[C@@H]1CCN(C(=O)/C=C/CN(C)[C@H]2CCOC2)C1. The van der Waals surface area contributed by atoms with Gasteiger partial charge in [-0.05, 0) is 163 Å². The summed E-state index contributed by atoms with van der Waals surface area (Å²) in [5.41, 5.74) is 28.0. The van der Waals surface area contributed by atoms with Crippen LogP contribution < -0.4 is 31.4 Å². The molecule has 1 aliphatic carbocycles. The lowest BCUT2D eigenvalue weighted by atomic mass is 10.0. The molecule has 17 rings (SSSR count). The lowest BCUT2D eigenvalue weighted by molar-refractivity contribution is -0.125. The molecule has 0 bridgehead atoms. The highest BCUT2D eigenvalue weighted by Crippen LogP contribution is 2.45. The number of ether oxygens (including phenoxy) is 5. The van der Waals surface area contributed by atoms with Gasteiger partial charge in [-0.2, -0.15) is 4.39 Å². The van der Waals surface area contributed by atoms with E-state index in [0.29, 0.717) is 128 Å². The number of nitrogens with zero attached hydrogens (tertiary/aromatic N) is 15. The molecular formula is C93H102F2N18O8. The number of likely N-dealkylation sites (tertiary alicyclic amines) is 3. The van der Waals surface area contributed by atoms with Crippen molar-refractivity contribution in [1.29, 1.82) is 0 Å². The van der Waals surface area contributed by atoms with Gasteiger partial charge >= 0.3 is 0 Å². The number of benzene rings is 6. The minimum absolute atomic E-state index is 0.0426. The van der Waals surface area contributed by atoms with Gasteiger partial charge in [-0.25, -0.2) is 34.3 Å². The van der Waals surface area contributed by atoms with E-state index in [1.807, 2.05) is 144 Å². The van der Waals surface area contributed by atoms with Crippen LogP contribution in [0.15, 0.2) is 213 Å². The molecular weight excluding hydrogens is 1540 g/mol. The fourth-order valence-electron chi connectivity index (χ4n) is 16.6. The van der Waals surface area contributed by atoms with Crippen LogP contribution in [-0.4, -0.2) is 216 Å². The lowest BCUT2D eigenvalue weighted by Crippen LogP contribution is -2.32. The molecule has 121 heavy (non-hydrogen) atoms. The zero-order valence-corrected chi connectivity index (χ0v) is 69.0. The van der Waals surface area contributed by atoms with Gasteiger partial charge in [-0.1, -0.05) is 97.1 Å². The van der Waals surface area contributed by atoms with Gasteiger partial charge in [0.05, 0.1) is 47.5 Å². The number of halogens is 2. The van der Waals surface area contributed by atoms with Gasteiger partial charge in [0.25, 0.3) is 0 Å². The largest absolute Gasteiger partial charge is 0.457 e. The highest BCUT2D eigenvalue weighted by Gasteiger charge is 2.36. The van der Waals surface area contributed by atoms with Crippen molar-refractivity contribution in [1.82, 2.24) is 73.0 Å². The predicted octanol–water partition coefficient (Wildman–Crippen LogP) is 14.7. The highest BCUT2D eigenvalue weighted by atomic mass is 19.1. The normalized spacial score (nSPS) is 17.4. The topological polar surface area (TPSA) is 287 Å². The number of aromatic nitrogens is 9. The van der Waals surface area contributed by atoms with E-state index in [0.717, 1.165) is 119 Å². The van der Waals surface area contributed by atoms with E-state index in [1.165, 1.54) is 44.0 Å². The molecule has 4 saturated heterocycles. The van der Waals surface area contributed by atoms with Crippen LogP contribution in [0, 0.1) is 25.6 Å². The van der Waals surface area contributed by atoms with E-state index in [4.69, 9.17) is 40.9 Å². The zero-order chi connectivity index (χ0) is 84.2. The smallest absolute Gasteiger partial charge is 0.246 e. The first kappa shape index (κ1) is 83.3. The first-order valence-corrected chi connectivity index (χ1v) is 41.1. The van der Waals surface area contributed by atoms with Crippen LogP contribution in [0.2, 0.25) is 0 Å². The van der Waals surface area contributed by atoms with Gasteiger partial charge in [-0.3, -0.25) is 28.8 Å². The Kier molecular flexibility index (Phi) is 26.3. The standard InChI is InChI=1S/C32H36N6O3.C31H33FN6O2.C30H33FN6O3/c1-22-29(23-10-12-27(13-11-23)41-26-7-4-3-5-8-26)30-31(33)34-21-35-32(30)38(22)24-14-17-37(19-24)28(39)9-6-16-36(2)25-15-18-40-20-25;1-20-28(21-8-12-25(13-9-21)40-26-6-3-5-22(32)17-26)29-30(33)34-19-35-31(29)38(20)24-14-16-37(18-24)27(39)7-4-15-36(2)23-10-11-23;1-35(17-18-39-2)15-6-9-25(38)36-16-14-22(19-36)37-28(31)26(27-29(32)33-20-34-30(27)37)21-10-12-24(13-11-21)40-23-7-4-3-5-8-23/h3-13,21,24-25H,14-20H2,1-2H3,(H2,33,34,35);3-9,12-13,17,19,23-24H,10-11,14-16,18H2,1-2H3,(H2,33,34,35);3-13,20,22H,14-19H2,1-2H3,(H2,32,33,34)/b9-6+;7-4+;9-6+/t24-,25+;24-;22-/m111/s1. The van der Waals surface area contributed by atoms with E-state index < -0.39 is 5.95 Å². The number of fused-ring (bicyclic) bond motifs is 3. The lowest BCUT2D eigenvalue weighted by Gasteiger charge is -2.21. The monoisotopic (exact) mass is 1640 g/mol. The number of amides is 3. The minimum atomic E-state index is -0.450. The number of hydrogen-bond donors (Lipinski definition) is 3. The summed E-state index contributed by atoms with van der Waals surface area (Å²) in [6.45, 7) is 12.8. The maximum absolute atomic E-state index is 16.2. The van der Waals surface area contributed by atoms with Gasteiger partial charge in [0, 0.05) is 144 Å². The van der Waals surface area contributed by atoms with Crippen molar-refractivity contribution in [3.63, 3.8) is 0 Å². The molecule has 1 saturated carbocycles. The molecule has 0 unspecified atom stereocenters. The molecule has 26 nitrogen and oxygen atoms in total. The number of nitrogens with two attached hydrogens (primary N) is 3. The third-order valence-corrected chi connectivity index (χ3v) is 23.2. The third-order valence-electron chi connectivity index (χ3n) is 23.2. The van der Waals surface area contributed by atoms with E-state index in [9.17, 15) is 18.8 Å². The Morgan fingerprint density at radius 1 is 0.463 bits per heavy atom. The number of anilines is 3.